The Morgan fingerprint density at radius 1 is 0.893 bits per heavy atom. The summed E-state index contributed by atoms with van der Waals surface area (Å²) >= 11 is 11.7. The fourth-order valence-electron chi connectivity index (χ4n) is 2.71. The predicted molar refractivity (Wildman–Crippen MR) is 113 cm³/mol. The molecule has 0 aliphatic rings. The maximum Gasteiger partial charge on any atom is 0.161 e. The average molecular weight is 417 g/mol. The zero-order chi connectivity index (χ0) is 19.8. The third kappa shape index (κ3) is 6.13. The molecule has 2 aromatic carbocycles. The van der Waals surface area contributed by atoms with Crippen LogP contribution in [0.15, 0.2) is 60.8 Å². The number of benzene rings is 2. The van der Waals surface area contributed by atoms with Crippen molar-refractivity contribution in [2.45, 2.75) is 19.6 Å². The van der Waals surface area contributed by atoms with Gasteiger partial charge in [0.25, 0.3) is 0 Å². The first kappa shape index (κ1) is 20.5. The van der Waals surface area contributed by atoms with Gasteiger partial charge < -0.3 is 14.8 Å². The van der Waals surface area contributed by atoms with Crippen LogP contribution >= 0.6 is 23.2 Å². The lowest BCUT2D eigenvalue weighted by atomic mass is 10.1. The number of nitrogens with one attached hydrogen (secondary N) is 1. The lowest BCUT2D eigenvalue weighted by molar-refractivity contribution is 0.284. The molecule has 0 spiro atoms. The molecule has 0 radical (unpaired) electrons. The van der Waals surface area contributed by atoms with Crippen LogP contribution in [-0.2, 0) is 19.6 Å². The van der Waals surface area contributed by atoms with E-state index in [0.717, 1.165) is 35.7 Å². The Morgan fingerprint density at radius 3 is 2.36 bits per heavy atom. The van der Waals surface area contributed by atoms with Crippen molar-refractivity contribution < 1.29 is 9.47 Å². The summed E-state index contributed by atoms with van der Waals surface area (Å²) < 4.78 is 11.3. The number of halogens is 2. The van der Waals surface area contributed by atoms with Gasteiger partial charge in [0.1, 0.15) is 11.8 Å². The number of pyridine rings is 1. The van der Waals surface area contributed by atoms with Crippen LogP contribution in [0.3, 0.4) is 0 Å². The fourth-order valence-corrected chi connectivity index (χ4v) is 2.95. The Bertz CT molecular complexity index is 884. The first-order valence-corrected chi connectivity index (χ1v) is 9.75. The lowest BCUT2D eigenvalue weighted by Gasteiger charge is -2.13. The van der Waals surface area contributed by atoms with Gasteiger partial charge in [-0.1, -0.05) is 47.5 Å². The van der Waals surface area contributed by atoms with Crippen LogP contribution in [0.4, 0.5) is 0 Å². The highest BCUT2D eigenvalue weighted by atomic mass is 35.5. The summed E-state index contributed by atoms with van der Waals surface area (Å²) in [6, 6.07) is 17.5. The van der Waals surface area contributed by atoms with Crippen LogP contribution in [0.1, 0.15) is 16.7 Å². The van der Waals surface area contributed by atoms with Crippen molar-refractivity contribution in [2.24, 2.45) is 0 Å². The number of hydrogen-bond donors (Lipinski definition) is 1. The molecule has 0 bridgehead atoms. The normalized spacial score (nSPS) is 10.7. The molecule has 0 fully saturated rings. The number of methoxy groups -OCH3 is 1. The highest BCUT2D eigenvalue weighted by Gasteiger charge is 2.07. The maximum atomic E-state index is 5.91. The zero-order valence-electron chi connectivity index (χ0n) is 15.6. The van der Waals surface area contributed by atoms with E-state index in [0.29, 0.717) is 23.3 Å². The van der Waals surface area contributed by atoms with Crippen molar-refractivity contribution in [2.75, 3.05) is 13.7 Å². The van der Waals surface area contributed by atoms with Gasteiger partial charge in [0.15, 0.2) is 11.5 Å². The second kappa shape index (κ2) is 10.3. The molecule has 1 heterocycles. The van der Waals surface area contributed by atoms with Crippen LogP contribution in [0, 0.1) is 0 Å². The quantitative estimate of drug-likeness (QED) is 0.379. The van der Waals surface area contributed by atoms with E-state index in [1.165, 1.54) is 5.56 Å². The van der Waals surface area contributed by atoms with Gasteiger partial charge in [0.05, 0.1) is 7.11 Å². The molecule has 3 aromatic rings. The highest BCUT2D eigenvalue weighted by Crippen LogP contribution is 2.29. The predicted octanol–water partition coefficient (Wildman–Crippen LogP) is 5.31. The van der Waals surface area contributed by atoms with Crippen molar-refractivity contribution in [1.82, 2.24) is 10.3 Å². The van der Waals surface area contributed by atoms with Gasteiger partial charge >= 0.3 is 0 Å². The number of ether oxygens (including phenoxy) is 2. The number of hydrogen-bond acceptors (Lipinski definition) is 4. The van der Waals surface area contributed by atoms with Gasteiger partial charge in [0.2, 0.25) is 0 Å². The van der Waals surface area contributed by atoms with E-state index >= 15 is 0 Å². The standard InChI is InChI=1S/C22H22Cl2N2O2/c1-27-21-12-17(13-25-11-10-16-2-6-19(23)7-3-16)4-8-20(21)28-15-18-5-9-22(24)26-14-18/h2-9,12,14,25H,10-11,13,15H2,1H3. The Balaban J connectivity index is 1.50. The number of rotatable bonds is 9. The molecule has 146 valence electrons. The summed E-state index contributed by atoms with van der Waals surface area (Å²) in [6.07, 6.45) is 2.65. The van der Waals surface area contributed by atoms with Gasteiger partial charge in [-0.25, -0.2) is 4.98 Å². The van der Waals surface area contributed by atoms with Gasteiger partial charge in [-0.2, -0.15) is 0 Å². The van der Waals surface area contributed by atoms with Crippen LogP contribution in [0.2, 0.25) is 10.2 Å². The highest BCUT2D eigenvalue weighted by molar-refractivity contribution is 6.30. The van der Waals surface area contributed by atoms with Crippen molar-refractivity contribution >= 4 is 23.2 Å². The minimum atomic E-state index is 0.402. The second-order valence-electron chi connectivity index (χ2n) is 6.32. The molecule has 4 nitrogen and oxygen atoms in total. The molecule has 0 unspecified atom stereocenters. The molecule has 28 heavy (non-hydrogen) atoms. The Hall–Kier alpha value is -2.27. The van der Waals surface area contributed by atoms with Crippen LogP contribution in [-0.4, -0.2) is 18.6 Å². The molecule has 1 N–H and O–H groups in total. The average Bonchev–Trinajstić information content (AvgIpc) is 2.72. The maximum absolute atomic E-state index is 5.91. The molecule has 0 amide bonds. The van der Waals surface area contributed by atoms with E-state index in [1.807, 2.05) is 36.4 Å². The van der Waals surface area contributed by atoms with E-state index in [1.54, 1.807) is 19.4 Å². The minimum Gasteiger partial charge on any atom is -0.493 e. The first-order chi connectivity index (χ1) is 13.6. The number of nitrogens with zero attached hydrogens (tertiary/aromatic N) is 1. The van der Waals surface area contributed by atoms with Crippen molar-refractivity contribution in [3.05, 3.63) is 87.7 Å². The molecule has 6 heteroatoms. The SMILES string of the molecule is COc1cc(CNCCc2ccc(Cl)cc2)ccc1OCc1ccc(Cl)nc1. The van der Waals surface area contributed by atoms with Crippen molar-refractivity contribution in [3.63, 3.8) is 0 Å². The molecule has 0 aliphatic carbocycles. The minimum absolute atomic E-state index is 0.402. The van der Waals surface area contributed by atoms with Crippen molar-refractivity contribution in [3.8, 4) is 11.5 Å². The van der Waals surface area contributed by atoms with E-state index in [2.05, 4.69) is 22.4 Å². The molecule has 0 saturated heterocycles. The van der Waals surface area contributed by atoms with E-state index < -0.39 is 0 Å². The molecular formula is C22H22Cl2N2O2. The topological polar surface area (TPSA) is 43.4 Å². The second-order valence-corrected chi connectivity index (χ2v) is 7.14. The fraction of sp³-hybridized carbons (Fsp3) is 0.227. The largest absolute Gasteiger partial charge is 0.493 e. The number of aromatic nitrogens is 1. The Morgan fingerprint density at radius 2 is 1.64 bits per heavy atom. The third-order valence-corrected chi connectivity index (χ3v) is 4.72. The summed E-state index contributed by atoms with van der Waals surface area (Å²) in [7, 11) is 1.64. The monoisotopic (exact) mass is 416 g/mol. The van der Waals surface area contributed by atoms with E-state index in [9.17, 15) is 0 Å². The summed E-state index contributed by atoms with van der Waals surface area (Å²) in [5.41, 5.74) is 3.34. The molecule has 1 aromatic heterocycles. The van der Waals surface area contributed by atoms with Crippen LogP contribution in [0.25, 0.3) is 0 Å². The molecule has 0 saturated carbocycles. The molecule has 0 aliphatic heterocycles. The molecule has 0 atom stereocenters. The summed E-state index contributed by atoms with van der Waals surface area (Å²) in [5.74, 6) is 1.40. The summed E-state index contributed by atoms with van der Waals surface area (Å²) in [4.78, 5) is 4.06. The van der Waals surface area contributed by atoms with E-state index in [4.69, 9.17) is 32.7 Å². The smallest absolute Gasteiger partial charge is 0.161 e. The molecular weight excluding hydrogens is 395 g/mol. The zero-order valence-corrected chi connectivity index (χ0v) is 17.1. The Kier molecular flexibility index (Phi) is 7.54. The van der Waals surface area contributed by atoms with E-state index in [-0.39, 0.29) is 0 Å². The Labute approximate surface area is 175 Å². The molecule has 3 rings (SSSR count). The first-order valence-electron chi connectivity index (χ1n) is 8.99. The summed E-state index contributed by atoms with van der Waals surface area (Å²) in [6.45, 7) is 2.04. The summed E-state index contributed by atoms with van der Waals surface area (Å²) in [5, 5.41) is 4.68. The van der Waals surface area contributed by atoms with Gasteiger partial charge in [-0.15, -0.1) is 0 Å². The van der Waals surface area contributed by atoms with Crippen LogP contribution < -0.4 is 14.8 Å². The van der Waals surface area contributed by atoms with Gasteiger partial charge in [-0.3, -0.25) is 0 Å². The van der Waals surface area contributed by atoms with Gasteiger partial charge in [0, 0.05) is 23.3 Å². The van der Waals surface area contributed by atoms with Gasteiger partial charge in [-0.05, 0) is 54.4 Å². The van der Waals surface area contributed by atoms with Crippen LogP contribution in [0.5, 0.6) is 11.5 Å². The lowest BCUT2D eigenvalue weighted by Crippen LogP contribution is -2.16. The van der Waals surface area contributed by atoms with Crippen molar-refractivity contribution in [1.29, 1.82) is 0 Å². The third-order valence-electron chi connectivity index (χ3n) is 4.24.